The molecular formula is C62H90O14. The van der Waals surface area contributed by atoms with Crippen LogP contribution in [0.1, 0.15) is 176 Å². The van der Waals surface area contributed by atoms with Crippen molar-refractivity contribution in [2.75, 3.05) is 26.4 Å². The van der Waals surface area contributed by atoms with E-state index in [-0.39, 0.29) is 72.4 Å². The van der Waals surface area contributed by atoms with Crippen molar-refractivity contribution in [2.45, 2.75) is 184 Å². The van der Waals surface area contributed by atoms with Crippen molar-refractivity contribution in [3.8, 4) is 23.0 Å². The van der Waals surface area contributed by atoms with Crippen LogP contribution in [0, 0.1) is 39.5 Å². The number of carboxylic acid groups (broad SMARTS) is 4. The molecule has 76 heavy (non-hydrogen) atoms. The van der Waals surface area contributed by atoms with Crippen LogP contribution in [0.25, 0.3) is 0 Å². The van der Waals surface area contributed by atoms with E-state index in [0.717, 1.165) is 66.8 Å². The van der Waals surface area contributed by atoms with E-state index in [9.17, 15) is 49.8 Å². The summed E-state index contributed by atoms with van der Waals surface area (Å²) in [4.78, 5) is 44.9. The Morgan fingerprint density at radius 3 is 0.855 bits per heavy atom. The van der Waals surface area contributed by atoms with E-state index in [1.807, 2.05) is 159 Å². The lowest BCUT2D eigenvalue weighted by molar-refractivity contribution is -0.143. The number of aromatic hydroxyl groups is 4. The lowest BCUT2D eigenvalue weighted by atomic mass is 9.83. The van der Waals surface area contributed by atoms with Crippen LogP contribution >= 0.6 is 0 Å². The Bertz CT molecular complexity index is 2420. The highest BCUT2D eigenvalue weighted by Crippen LogP contribution is 2.38. The van der Waals surface area contributed by atoms with E-state index in [1.54, 1.807) is 0 Å². The van der Waals surface area contributed by atoms with Crippen molar-refractivity contribution in [3.63, 3.8) is 0 Å². The fourth-order valence-electron chi connectivity index (χ4n) is 8.70. The highest BCUT2D eigenvalue weighted by atomic mass is 16.5. The standard InChI is InChI=1S/C34H50O8.2C14H20O3/c1-21-15-23(19-27(29(21)35)33(3,4)5)17-25(31(37)38)9-11-41-13-14-42-12-10-26(32(39)40)18-24-16-22(2)30(36)28(20-24)34(6,7)8;2*1-9-7-10(5-6-12(15)16)8-11(13(9)17)14(2,3)4/h15-16,19-20,25-26,35-36H,9-14,17-18H2,1-8H3,(H,37,38)(H,39,40);2*7-8,17H,5-6H2,1-4H3,(H,15,16). The third-order valence-electron chi connectivity index (χ3n) is 13.2. The van der Waals surface area contributed by atoms with Gasteiger partial charge in [0, 0.05) is 26.1 Å². The number of phenols is 4. The Labute approximate surface area is 452 Å². The zero-order valence-electron chi connectivity index (χ0n) is 48.3. The van der Waals surface area contributed by atoms with Gasteiger partial charge in [0.2, 0.25) is 0 Å². The van der Waals surface area contributed by atoms with Crippen molar-refractivity contribution >= 4 is 23.9 Å². The second-order valence-electron chi connectivity index (χ2n) is 24.3. The molecule has 4 aromatic carbocycles. The summed E-state index contributed by atoms with van der Waals surface area (Å²) in [6.45, 7) is 32.7. The van der Waals surface area contributed by atoms with E-state index in [1.165, 1.54) is 0 Å². The molecule has 422 valence electrons. The lowest BCUT2D eigenvalue weighted by Gasteiger charge is -2.23. The summed E-state index contributed by atoms with van der Waals surface area (Å²) in [5.74, 6) is -3.49. The van der Waals surface area contributed by atoms with Gasteiger partial charge in [-0.3, -0.25) is 19.2 Å². The van der Waals surface area contributed by atoms with Gasteiger partial charge >= 0.3 is 23.9 Å². The van der Waals surface area contributed by atoms with E-state index in [0.29, 0.717) is 50.0 Å². The number of carbonyl (C=O) groups is 4. The zero-order valence-corrected chi connectivity index (χ0v) is 48.3. The Balaban J connectivity index is 0.000000473. The largest absolute Gasteiger partial charge is 0.507 e. The second kappa shape index (κ2) is 28.3. The normalized spacial score (nSPS) is 12.7. The van der Waals surface area contributed by atoms with Crippen LogP contribution in [0.4, 0.5) is 0 Å². The highest BCUT2D eigenvalue weighted by molar-refractivity contribution is 5.71. The van der Waals surface area contributed by atoms with Crippen molar-refractivity contribution in [1.29, 1.82) is 0 Å². The molecule has 0 spiro atoms. The first-order chi connectivity index (χ1) is 34.8. The highest BCUT2D eigenvalue weighted by Gasteiger charge is 2.26. The zero-order chi connectivity index (χ0) is 58.3. The quantitative estimate of drug-likeness (QED) is 0.0362. The predicted octanol–water partition coefficient (Wildman–Crippen LogP) is 12.3. The summed E-state index contributed by atoms with van der Waals surface area (Å²) in [6, 6.07) is 15.0. The maximum Gasteiger partial charge on any atom is 0.306 e. The summed E-state index contributed by atoms with van der Waals surface area (Å²) in [6.07, 6.45) is 2.59. The summed E-state index contributed by atoms with van der Waals surface area (Å²) in [5, 5.41) is 77.8. The fraction of sp³-hybridized carbons (Fsp3) is 0.548. The fourth-order valence-corrected chi connectivity index (χ4v) is 8.70. The molecule has 0 aliphatic carbocycles. The van der Waals surface area contributed by atoms with Crippen LogP contribution in [-0.4, -0.2) is 91.2 Å². The molecule has 2 atom stereocenters. The third-order valence-corrected chi connectivity index (χ3v) is 13.2. The first kappa shape index (κ1) is 66.0. The Morgan fingerprint density at radius 2 is 0.632 bits per heavy atom. The smallest absolute Gasteiger partial charge is 0.306 e. The van der Waals surface area contributed by atoms with Gasteiger partial charge in [-0.2, -0.15) is 0 Å². The SMILES string of the molecule is Cc1cc(CC(CCOCCOCCC(Cc2cc(C)c(O)c(C(C)(C)C)c2)C(=O)O)C(=O)O)cc(C(C)(C)C)c1O.Cc1cc(CCC(=O)O)cc(C(C)(C)C)c1O.Cc1cc(CCC(=O)O)cc(C(C)(C)C)c1O. The lowest BCUT2D eigenvalue weighted by Crippen LogP contribution is -2.21. The number of ether oxygens (including phenoxy) is 2. The molecule has 0 amide bonds. The van der Waals surface area contributed by atoms with Crippen molar-refractivity contribution in [1.82, 2.24) is 0 Å². The maximum atomic E-state index is 11.9. The molecule has 14 nitrogen and oxygen atoms in total. The number of aryl methyl sites for hydroxylation is 6. The van der Waals surface area contributed by atoms with E-state index in [4.69, 9.17) is 19.7 Å². The summed E-state index contributed by atoms with van der Waals surface area (Å²) < 4.78 is 11.2. The van der Waals surface area contributed by atoms with Gasteiger partial charge in [-0.05, 0) is 155 Å². The number of rotatable bonds is 21. The summed E-state index contributed by atoms with van der Waals surface area (Å²) >= 11 is 0. The molecule has 0 saturated carbocycles. The molecule has 4 aromatic rings. The Morgan fingerprint density at radius 1 is 0.395 bits per heavy atom. The molecule has 14 heteroatoms. The molecule has 0 saturated heterocycles. The van der Waals surface area contributed by atoms with Crippen LogP contribution in [0.2, 0.25) is 0 Å². The van der Waals surface area contributed by atoms with Crippen molar-refractivity contribution < 1.29 is 69.5 Å². The molecule has 0 aliphatic heterocycles. The minimum Gasteiger partial charge on any atom is -0.507 e. The number of hydrogen-bond donors (Lipinski definition) is 8. The van der Waals surface area contributed by atoms with E-state index in [2.05, 4.69) is 0 Å². The molecule has 4 rings (SSSR count). The Kier molecular flexibility index (Phi) is 24.6. The topological polar surface area (TPSA) is 249 Å². The van der Waals surface area contributed by atoms with Gasteiger partial charge in [0.15, 0.2) is 0 Å². The van der Waals surface area contributed by atoms with Gasteiger partial charge in [0.25, 0.3) is 0 Å². The van der Waals surface area contributed by atoms with Crippen LogP contribution in [-0.2, 0) is 76.0 Å². The minimum absolute atomic E-state index is 0.119. The Hall–Kier alpha value is -6.12. The molecule has 8 N–H and O–H groups in total. The van der Waals surface area contributed by atoms with Gasteiger partial charge in [-0.25, -0.2) is 0 Å². The summed E-state index contributed by atoms with van der Waals surface area (Å²) in [5.41, 5.74) is 9.26. The third kappa shape index (κ3) is 21.5. The average molecular weight is 1060 g/mol. The van der Waals surface area contributed by atoms with Crippen LogP contribution in [0.15, 0.2) is 48.5 Å². The molecule has 2 unspecified atom stereocenters. The molecule has 0 bridgehead atoms. The number of phenolic OH excluding ortho intramolecular Hbond substituents is 4. The van der Waals surface area contributed by atoms with Gasteiger partial charge in [-0.15, -0.1) is 0 Å². The first-order valence-electron chi connectivity index (χ1n) is 26.2. The van der Waals surface area contributed by atoms with E-state index < -0.39 is 35.7 Å². The van der Waals surface area contributed by atoms with Gasteiger partial charge in [0.05, 0.1) is 25.0 Å². The number of benzene rings is 4. The maximum absolute atomic E-state index is 11.9. The van der Waals surface area contributed by atoms with Crippen molar-refractivity contribution in [3.05, 3.63) is 115 Å². The minimum atomic E-state index is -0.893. The predicted molar refractivity (Wildman–Crippen MR) is 299 cm³/mol. The van der Waals surface area contributed by atoms with Gasteiger partial charge < -0.3 is 50.3 Å². The molecular weight excluding hydrogens is 969 g/mol. The average Bonchev–Trinajstić information content (AvgIpc) is 3.27. The van der Waals surface area contributed by atoms with Gasteiger partial charge in [-0.1, -0.05) is 132 Å². The number of carboxylic acids is 4. The van der Waals surface area contributed by atoms with E-state index >= 15 is 0 Å². The molecule has 0 aromatic heterocycles. The van der Waals surface area contributed by atoms with Crippen LogP contribution in [0.3, 0.4) is 0 Å². The van der Waals surface area contributed by atoms with Gasteiger partial charge in [0.1, 0.15) is 23.0 Å². The summed E-state index contributed by atoms with van der Waals surface area (Å²) in [7, 11) is 0. The molecule has 0 radical (unpaired) electrons. The molecule has 0 fully saturated rings. The number of aliphatic carboxylic acids is 4. The van der Waals surface area contributed by atoms with Crippen LogP contribution < -0.4 is 0 Å². The van der Waals surface area contributed by atoms with Crippen LogP contribution in [0.5, 0.6) is 23.0 Å². The first-order valence-corrected chi connectivity index (χ1v) is 26.2. The monoisotopic (exact) mass is 1060 g/mol. The molecule has 0 aliphatic rings. The molecule has 0 heterocycles. The number of hydrogen-bond acceptors (Lipinski definition) is 10. The van der Waals surface area contributed by atoms with Crippen molar-refractivity contribution in [2.24, 2.45) is 11.8 Å². The second-order valence-corrected chi connectivity index (χ2v) is 24.3.